The Labute approximate surface area is 178 Å². The van der Waals surface area contributed by atoms with E-state index >= 15 is 0 Å². The van der Waals surface area contributed by atoms with Crippen LogP contribution in [0.4, 0.5) is 5.69 Å². The van der Waals surface area contributed by atoms with Gasteiger partial charge in [-0.1, -0.05) is 30.3 Å². The van der Waals surface area contributed by atoms with E-state index in [1.807, 2.05) is 55.5 Å². The fourth-order valence-corrected chi connectivity index (χ4v) is 4.40. The third kappa shape index (κ3) is 4.54. The van der Waals surface area contributed by atoms with Crippen LogP contribution < -0.4 is 14.8 Å². The van der Waals surface area contributed by atoms with Crippen LogP contribution in [0, 0.1) is 5.92 Å². The average molecular weight is 411 g/mol. The molecular weight excluding hydrogens is 380 g/mol. The summed E-state index contributed by atoms with van der Waals surface area (Å²) >= 11 is 0. The number of carbonyl (C=O) groups excluding carboxylic acids is 1. The molecule has 0 spiro atoms. The number of benzene rings is 2. The summed E-state index contributed by atoms with van der Waals surface area (Å²) in [6, 6.07) is 14.6. The van der Waals surface area contributed by atoms with Crippen molar-refractivity contribution in [1.82, 2.24) is 4.90 Å². The number of carbonyl (C=O) groups is 1. The summed E-state index contributed by atoms with van der Waals surface area (Å²) in [6.07, 6.45) is 2.17. The monoisotopic (exact) mass is 410 g/mol. The van der Waals surface area contributed by atoms with E-state index in [1.54, 1.807) is 7.11 Å². The molecule has 5 rings (SSSR count). The summed E-state index contributed by atoms with van der Waals surface area (Å²) in [5, 5.41) is 3.35. The van der Waals surface area contributed by atoms with Crippen LogP contribution in [-0.2, 0) is 9.53 Å². The first-order chi connectivity index (χ1) is 14.7. The predicted molar refractivity (Wildman–Crippen MR) is 116 cm³/mol. The Morgan fingerprint density at radius 2 is 1.93 bits per heavy atom. The van der Waals surface area contributed by atoms with Gasteiger partial charge in [-0.15, -0.1) is 0 Å². The highest BCUT2D eigenvalue weighted by atomic mass is 16.5. The van der Waals surface area contributed by atoms with E-state index in [0.717, 1.165) is 43.8 Å². The van der Waals surface area contributed by atoms with Crippen LogP contribution in [0.25, 0.3) is 0 Å². The molecule has 160 valence electrons. The van der Waals surface area contributed by atoms with Gasteiger partial charge in [0.1, 0.15) is 17.6 Å². The Morgan fingerprint density at radius 3 is 2.57 bits per heavy atom. The summed E-state index contributed by atoms with van der Waals surface area (Å²) in [5.74, 6) is 1.57. The molecule has 0 amide bonds. The molecule has 2 unspecified atom stereocenters. The quantitative estimate of drug-likeness (QED) is 0.667. The number of nitrogens with one attached hydrogen (secondary N) is 1. The number of esters is 1. The van der Waals surface area contributed by atoms with Crippen molar-refractivity contribution in [3.8, 4) is 11.5 Å². The zero-order chi connectivity index (χ0) is 20.9. The maximum atomic E-state index is 13.3. The number of piperidine rings is 3. The molecule has 3 aliphatic heterocycles. The summed E-state index contributed by atoms with van der Waals surface area (Å²) < 4.78 is 17.2. The molecule has 3 fully saturated rings. The second-order valence-corrected chi connectivity index (χ2v) is 7.90. The molecule has 30 heavy (non-hydrogen) atoms. The number of rotatable bonds is 8. The maximum absolute atomic E-state index is 13.3. The Bertz CT molecular complexity index is 850. The van der Waals surface area contributed by atoms with Gasteiger partial charge in [-0.3, -0.25) is 4.90 Å². The van der Waals surface area contributed by atoms with E-state index in [2.05, 4.69) is 10.2 Å². The van der Waals surface area contributed by atoms with E-state index in [1.165, 1.54) is 0 Å². The number of anilines is 1. The molecule has 6 heteroatoms. The molecule has 3 heterocycles. The van der Waals surface area contributed by atoms with Crippen LogP contribution in [0.2, 0.25) is 0 Å². The fourth-order valence-electron chi connectivity index (χ4n) is 4.40. The van der Waals surface area contributed by atoms with Crippen molar-refractivity contribution in [2.75, 3.05) is 38.7 Å². The van der Waals surface area contributed by atoms with Crippen LogP contribution >= 0.6 is 0 Å². The Kier molecular flexibility index (Phi) is 6.43. The van der Waals surface area contributed by atoms with Crippen molar-refractivity contribution in [2.24, 2.45) is 5.92 Å². The number of ether oxygens (including phenoxy) is 3. The first kappa shape index (κ1) is 20.5. The van der Waals surface area contributed by atoms with Crippen molar-refractivity contribution in [2.45, 2.75) is 31.9 Å². The summed E-state index contributed by atoms with van der Waals surface area (Å²) in [5.41, 5.74) is 1.55. The highest BCUT2D eigenvalue weighted by Gasteiger charge is 2.38. The number of methoxy groups -OCH3 is 1. The van der Waals surface area contributed by atoms with Crippen LogP contribution in [0.1, 0.15) is 31.4 Å². The molecule has 0 aliphatic carbocycles. The van der Waals surface area contributed by atoms with Gasteiger partial charge in [-0.25, -0.2) is 4.79 Å². The van der Waals surface area contributed by atoms with Crippen molar-refractivity contribution in [3.05, 3.63) is 54.1 Å². The molecule has 3 aliphatic rings. The molecule has 2 atom stereocenters. The van der Waals surface area contributed by atoms with Gasteiger partial charge < -0.3 is 19.5 Å². The largest absolute Gasteiger partial charge is 0.495 e. The molecule has 2 bridgehead atoms. The van der Waals surface area contributed by atoms with Gasteiger partial charge in [0.05, 0.1) is 19.4 Å². The minimum atomic E-state index is -0.632. The second kappa shape index (κ2) is 9.39. The van der Waals surface area contributed by atoms with Crippen LogP contribution in [0.3, 0.4) is 0 Å². The van der Waals surface area contributed by atoms with Gasteiger partial charge in [0.25, 0.3) is 0 Å². The standard InChI is InChI=1S/C24H30N2O4/c1-3-29-19-9-10-21(28-2)20(15-19)25-23(18-7-5-4-6-8-18)24(27)30-22-16-26-13-11-17(22)12-14-26/h4-10,15,17,22-23,25H,3,11-14,16H2,1-2H3. The topological polar surface area (TPSA) is 60.0 Å². The Balaban J connectivity index is 1.58. The van der Waals surface area contributed by atoms with Crippen molar-refractivity contribution >= 4 is 11.7 Å². The lowest BCUT2D eigenvalue weighted by atomic mass is 9.86. The lowest BCUT2D eigenvalue weighted by molar-refractivity contribution is -0.159. The van der Waals surface area contributed by atoms with Crippen molar-refractivity contribution < 1.29 is 19.0 Å². The molecule has 0 radical (unpaired) electrons. The van der Waals surface area contributed by atoms with Crippen LogP contribution in [0.5, 0.6) is 11.5 Å². The highest BCUT2D eigenvalue weighted by Crippen LogP contribution is 2.34. The van der Waals surface area contributed by atoms with Gasteiger partial charge in [0.15, 0.2) is 6.04 Å². The van der Waals surface area contributed by atoms with E-state index in [-0.39, 0.29) is 12.1 Å². The zero-order valence-corrected chi connectivity index (χ0v) is 17.7. The number of hydrogen-bond donors (Lipinski definition) is 1. The Morgan fingerprint density at radius 1 is 1.17 bits per heavy atom. The lowest BCUT2D eigenvalue weighted by Crippen LogP contribution is -2.52. The van der Waals surface area contributed by atoms with Crippen LogP contribution in [-0.4, -0.2) is 50.3 Å². The van der Waals surface area contributed by atoms with Gasteiger partial charge >= 0.3 is 5.97 Å². The number of hydrogen-bond acceptors (Lipinski definition) is 6. The van der Waals surface area contributed by atoms with Crippen molar-refractivity contribution in [1.29, 1.82) is 0 Å². The molecule has 3 saturated heterocycles. The van der Waals surface area contributed by atoms with E-state index < -0.39 is 6.04 Å². The second-order valence-electron chi connectivity index (χ2n) is 7.90. The first-order valence-electron chi connectivity index (χ1n) is 10.7. The third-order valence-electron chi connectivity index (χ3n) is 6.01. The number of fused-ring (bicyclic) bond motifs is 3. The van der Waals surface area contributed by atoms with Gasteiger partial charge in [0.2, 0.25) is 0 Å². The number of nitrogens with zero attached hydrogens (tertiary/aromatic N) is 1. The normalized spacial score (nSPS) is 23.5. The molecule has 2 aromatic rings. The first-order valence-corrected chi connectivity index (χ1v) is 10.7. The molecule has 0 aromatic heterocycles. The van der Waals surface area contributed by atoms with Gasteiger partial charge in [0, 0.05) is 12.6 Å². The van der Waals surface area contributed by atoms with E-state index in [9.17, 15) is 4.79 Å². The molecule has 2 aromatic carbocycles. The zero-order valence-electron chi connectivity index (χ0n) is 17.7. The highest BCUT2D eigenvalue weighted by molar-refractivity contribution is 5.82. The summed E-state index contributed by atoms with van der Waals surface area (Å²) in [7, 11) is 1.61. The van der Waals surface area contributed by atoms with E-state index in [4.69, 9.17) is 14.2 Å². The van der Waals surface area contributed by atoms with Crippen LogP contribution in [0.15, 0.2) is 48.5 Å². The summed E-state index contributed by atoms with van der Waals surface area (Å²) in [4.78, 5) is 15.7. The summed E-state index contributed by atoms with van der Waals surface area (Å²) in [6.45, 7) is 5.56. The average Bonchev–Trinajstić information content (AvgIpc) is 2.79. The minimum Gasteiger partial charge on any atom is -0.495 e. The molecule has 0 saturated carbocycles. The molecular formula is C24H30N2O4. The van der Waals surface area contributed by atoms with Gasteiger partial charge in [-0.2, -0.15) is 0 Å². The minimum absolute atomic E-state index is 0.0373. The fraction of sp³-hybridized carbons (Fsp3) is 0.458. The predicted octanol–water partition coefficient (Wildman–Crippen LogP) is 3.88. The van der Waals surface area contributed by atoms with Gasteiger partial charge in [-0.05, 0) is 56.5 Å². The SMILES string of the molecule is CCOc1ccc(OC)c(NC(C(=O)OC2CN3CCC2CC3)c2ccccc2)c1. The van der Waals surface area contributed by atoms with E-state index in [0.29, 0.717) is 24.0 Å². The van der Waals surface area contributed by atoms with Crippen molar-refractivity contribution in [3.63, 3.8) is 0 Å². The lowest BCUT2D eigenvalue weighted by Gasteiger charge is -2.44. The smallest absolute Gasteiger partial charge is 0.333 e. The maximum Gasteiger partial charge on any atom is 0.333 e. The Hall–Kier alpha value is -2.73. The molecule has 6 nitrogen and oxygen atoms in total. The molecule has 1 N–H and O–H groups in total. The third-order valence-corrected chi connectivity index (χ3v) is 6.01.